The number of benzene rings is 3. The molecule has 0 aliphatic carbocycles. The monoisotopic (exact) mass is 511 g/mol. The van der Waals surface area contributed by atoms with Crippen LogP contribution in [0.25, 0.3) is 11.1 Å². The Kier molecular flexibility index (Phi) is 7.42. The van der Waals surface area contributed by atoms with E-state index < -0.39 is 41.3 Å². The van der Waals surface area contributed by atoms with Gasteiger partial charge < -0.3 is 14.5 Å². The third-order valence-corrected chi connectivity index (χ3v) is 6.84. The molecule has 0 aromatic heterocycles. The number of nitrogens with one attached hydrogen (secondary N) is 1. The topological polar surface area (TPSA) is 61.9 Å². The standard InChI is InChI=1S/C28H28F3N3O3/c1-4-37-26(35)32-28(20-10-12-21(29)13-11-20)16-17-34(27(36)33(28)3)18(2)22-14-15-23(25(31)24(22)30)19-8-6-5-7-9-19/h5-15,18H,4,16-17H2,1-3H3,(H,32,35). The van der Waals surface area contributed by atoms with Crippen molar-refractivity contribution in [2.45, 2.75) is 32.0 Å². The number of rotatable bonds is 6. The fourth-order valence-electron chi connectivity index (χ4n) is 4.77. The zero-order valence-electron chi connectivity index (χ0n) is 20.8. The molecule has 1 aliphatic rings. The first kappa shape index (κ1) is 26.1. The predicted molar refractivity (Wildman–Crippen MR) is 133 cm³/mol. The molecule has 0 saturated carbocycles. The van der Waals surface area contributed by atoms with E-state index in [1.807, 2.05) is 0 Å². The molecule has 6 nitrogen and oxygen atoms in total. The fraction of sp³-hybridized carbons (Fsp3) is 0.286. The van der Waals surface area contributed by atoms with Crippen molar-refractivity contribution in [1.29, 1.82) is 0 Å². The highest BCUT2D eigenvalue weighted by Gasteiger charge is 2.47. The van der Waals surface area contributed by atoms with Crippen LogP contribution in [0, 0.1) is 17.5 Å². The number of nitrogens with zero attached hydrogens (tertiary/aromatic N) is 2. The van der Waals surface area contributed by atoms with E-state index in [4.69, 9.17) is 4.74 Å². The van der Waals surface area contributed by atoms with Gasteiger partial charge in [-0.25, -0.2) is 22.8 Å². The van der Waals surface area contributed by atoms with Crippen LogP contribution < -0.4 is 5.32 Å². The van der Waals surface area contributed by atoms with E-state index in [0.29, 0.717) is 11.1 Å². The Morgan fingerprint density at radius 2 is 1.70 bits per heavy atom. The number of hydrogen-bond donors (Lipinski definition) is 1. The van der Waals surface area contributed by atoms with E-state index in [1.54, 1.807) is 44.2 Å². The Morgan fingerprint density at radius 3 is 2.35 bits per heavy atom. The SMILES string of the molecule is CCOC(=O)NC1(c2ccc(F)cc2)CCN(C(C)c2ccc(-c3ccccc3)c(F)c2F)C(=O)N1C. The van der Waals surface area contributed by atoms with Crippen molar-refractivity contribution in [3.63, 3.8) is 0 Å². The smallest absolute Gasteiger partial charge is 0.409 e. The number of ether oxygens (including phenoxy) is 1. The van der Waals surface area contributed by atoms with Gasteiger partial charge in [0.05, 0.1) is 12.6 Å². The van der Waals surface area contributed by atoms with Crippen molar-refractivity contribution in [2.24, 2.45) is 0 Å². The lowest BCUT2D eigenvalue weighted by molar-refractivity contribution is 0.0182. The summed E-state index contributed by atoms with van der Waals surface area (Å²) in [6.45, 7) is 3.50. The number of alkyl carbamates (subject to hydrolysis) is 1. The first-order chi connectivity index (χ1) is 17.7. The number of carbonyl (C=O) groups excluding carboxylic acids is 2. The van der Waals surface area contributed by atoms with Gasteiger partial charge in [0, 0.05) is 31.1 Å². The average molecular weight is 512 g/mol. The molecule has 4 rings (SSSR count). The van der Waals surface area contributed by atoms with Crippen molar-refractivity contribution in [3.8, 4) is 11.1 Å². The Hall–Kier alpha value is -4.01. The summed E-state index contributed by atoms with van der Waals surface area (Å²) in [5, 5.41) is 2.76. The Bertz CT molecular complexity index is 1290. The maximum atomic E-state index is 15.3. The Balaban J connectivity index is 1.65. The molecule has 1 aliphatic heterocycles. The van der Waals surface area contributed by atoms with Crippen molar-refractivity contribution < 1.29 is 27.5 Å². The van der Waals surface area contributed by atoms with Gasteiger partial charge in [-0.1, -0.05) is 54.6 Å². The molecular weight excluding hydrogens is 483 g/mol. The summed E-state index contributed by atoms with van der Waals surface area (Å²) in [5.74, 6) is -2.48. The molecule has 37 heavy (non-hydrogen) atoms. The highest BCUT2D eigenvalue weighted by atomic mass is 19.2. The van der Waals surface area contributed by atoms with Crippen LogP contribution >= 0.6 is 0 Å². The van der Waals surface area contributed by atoms with Crippen LogP contribution in [0.5, 0.6) is 0 Å². The van der Waals surface area contributed by atoms with E-state index in [9.17, 15) is 14.0 Å². The molecule has 0 radical (unpaired) electrons. The predicted octanol–water partition coefficient (Wildman–Crippen LogP) is 6.19. The summed E-state index contributed by atoms with van der Waals surface area (Å²) in [6.07, 6.45) is -0.548. The highest BCUT2D eigenvalue weighted by Crippen LogP contribution is 2.38. The lowest BCUT2D eigenvalue weighted by atomic mass is 9.91. The van der Waals surface area contributed by atoms with Gasteiger partial charge in [0.15, 0.2) is 11.6 Å². The molecule has 1 N–H and O–H groups in total. The van der Waals surface area contributed by atoms with E-state index in [2.05, 4.69) is 5.32 Å². The van der Waals surface area contributed by atoms with Crippen molar-refractivity contribution in [2.75, 3.05) is 20.2 Å². The lowest BCUT2D eigenvalue weighted by Crippen LogP contribution is -2.65. The van der Waals surface area contributed by atoms with Crippen LogP contribution in [0.1, 0.15) is 37.4 Å². The zero-order valence-corrected chi connectivity index (χ0v) is 20.8. The molecule has 9 heteroatoms. The summed E-state index contributed by atoms with van der Waals surface area (Å²) in [7, 11) is 1.49. The minimum absolute atomic E-state index is 0.0339. The van der Waals surface area contributed by atoms with Crippen LogP contribution in [0.2, 0.25) is 0 Å². The summed E-state index contributed by atoms with van der Waals surface area (Å²) in [6, 6.07) is 15.8. The number of urea groups is 1. The van der Waals surface area contributed by atoms with Crippen LogP contribution in [0.15, 0.2) is 66.7 Å². The molecule has 3 aromatic carbocycles. The summed E-state index contributed by atoms with van der Waals surface area (Å²) in [4.78, 5) is 28.7. The van der Waals surface area contributed by atoms with Gasteiger partial charge in [0.25, 0.3) is 0 Å². The summed E-state index contributed by atoms with van der Waals surface area (Å²) in [5.41, 5.74) is -0.138. The van der Waals surface area contributed by atoms with Gasteiger partial charge >= 0.3 is 12.1 Å². The number of halogens is 3. The van der Waals surface area contributed by atoms with E-state index >= 15 is 8.78 Å². The third-order valence-electron chi connectivity index (χ3n) is 6.84. The number of hydrogen-bond acceptors (Lipinski definition) is 3. The van der Waals surface area contributed by atoms with E-state index in [0.717, 1.165) is 0 Å². The van der Waals surface area contributed by atoms with Crippen molar-refractivity contribution in [1.82, 2.24) is 15.1 Å². The van der Waals surface area contributed by atoms with Gasteiger partial charge in [0.1, 0.15) is 11.5 Å². The maximum absolute atomic E-state index is 15.3. The minimum atomic E-state index is -1.33. The molecule has 0 bridgehead atoms. The first-order valence-corrected chi connectivity index (χ1v) is 12.0. The molecular formula is C28H28F3N3O3. The molecule has 3 amide bonds. The zero-order chi connectivity index (χ0) is 26.7. The van der Waals surface area contributed by atoms with Crippen molar-refractivity contribution >= 4 is 12.1 Å². The lowest BCUT2D eigenvalue weighted by Gasteiger charge is -2.50. The number of carbonyl (C=O) groups is 2. The van der Waals surface area contributed by atoms with Gasteiger partial charge in [-0.2, -0.15) is 0 Å². The van der Waals surface area contributed by atoms with Gasteiger partial charge in [0.2, 0.25) is 0 Å². The molecule has 3 aromatic rings. The van der Waals surface area contributed by atoms with E-state index in [1.165, 1.54) is 53.2 Å². The summed E-state index contributed by atoms with van der Waals surface area (Å²) >= 11 is 0. The largest absolute Gasteiger partial charge is 0.450 e. The average Bonchev–Trinajstić information content (AvgIpc) is 2.89. The number of amides is 3. The molecule has 1 fully saturated rings. The maximum Gasteiger partial charge on any atom is 0.409 e. The second-order valence-electron chi connectivity index (χ2n) is 8.87. The summed E-state index contributed by atoms with van der Waals surface area (Å²) < 4.78 is 49.0. The molecule has 2 unspecified atom stereocenters. The van der Waals surface area contributed by atoms with Gasteiger partial charge in [-0.05, 0) is 37.1 Å². The fourth-order valence-corrected chi connectivity index (χ4v) is 4.77. The normalized spacial score (nSPS) is 18.5. The molecule has 2 atom stereocenters. The Morgan fingerprint density at radius 1 is 1.03 bits per heavy atom. The van der Waals surface area contributed by atoms with Crippen LogP contribution in [0.4, 0.5) is 22.8 Å². The van der Waals surface area contributed by atoms with Crippen LogP contribution in [-0.4, -0.2) is 42.1 Å². The molecule has 0 spiro atoms. The molecule has 1 heterocycles. The van der Waals surface area contributed by atoms with E-state index in [-0.39, 0.29) is 30.7 Å². The van der Waals surface area contributed by atoms with Gasteiger partial charge in [-0.15, -0.1) is 0 Å². The van der Waals surface area contributed by atoms with Crippen LogP contribution in [-0.2, 0) is 10.4 Å². The minimum Gasteiger partial charge on any atom is -0.450 e. The first-order valence-electron chi connectivity index (χ1n) is 12.0. The van der Waals surface area contributed by atoms with Crippen LogP contribution in [0.3, 0.4) is 0 Å². The van der Waals surface area contributed by atoms with Gasteiger partial charge in [-0.3, -0.25) is 5.32 Å². The second kappa shape index (κ2) is 10.5. The van der Waals surface area contributed by atoms with Crippen molar-refractivity contribution in [3.05, 3.63) is 95.3 Å². The molecule has 1 saturated heterocycles. The molecule has 194 valence electrons. The second-order valence-corrected chi connectivity index (χ2v) is 8.87. The Labute approximate surface area is 213 Å². The quantitative estimate of drug-likeness (QED) is 0.429. The highest BCUT2D eigenvalue weighted by molar-refractivity contribution is 5.79. The third kappa shape index (κ3) is 4.85.